The van der Waals surface area contributed by atoms with Crippen LogP contribution in [0.25, 0.3) is 0 Å². The van der Waals surface area contributed by atoms with Gasteiger partial charge in [0.2, 0.25) is 0 Å². The average Bonchev–Trinajstić information content (AvgIpc) is 2.25. The molecule has 1 aromatic rings. The first-order valence-electron chi connectivity index (χ1n) is 4.70. The van der Waals surface area contributed by atoms with Crippen LogP contribution in [0.4, 0.5) is 18.9 Å². The number of hydrogen-bond acceptors (Lipinski definition) is 3. The lowest BCUT2D eigenvalue weighted by atomic mass is 10.3. The third-order valence-corrected chi connectivity index (χ3v) is 2.50. The number of rotatable bonds is 5. The maximum absolute atomic E-state index is 11.7. The predicted octanol–water partition coefficient (Wildman–Crippen LogP) is 3.41. The minimum Gasteiger partial charge on any atom is -0.495 e. The smallest absolute Gasteiger partial charge is 0.495 e. The largest absolute Gasteiger partial charge is 0.522 e. The summed E-state index contributed by atoms with van der Waals surface area (Å²) in [6.07, 6.45) is -4.58. The molecule has 0 saturated carbocycles. The second kappa shape index (κ2) is 6.11. The topological polar surface area (TPSA) is 30.5 Å². The number of alkyl halides is 3. The van der Waals surface area contributed by atoms with Gasteiger partial charge in [0.1, 0.15) is 5.75 Å². The van der Waals surface area contributed by atoms with Crippen LogP contribution < -0.4 is 10.1 Å². The summed E-state index contributed by atoms with van der Waals surface area (Å²) in [7, 11) is 1.51. The molecule has 0 aliphatic rings. The molecule has 1 aromatic carbocycles. The summed E-state index contributed by atoms with van der Waals surface area (Å²) < 4.78 is 44.5. The highest BCUT2D eigenvalue weighted by molar-refractivity contribution is 9.10. The Morgan fingerprint density at radius 2 is 2.06 bits per heavy atom. The van der Waals surface area contributed by atoms with Crippen LogP contribution in [0.5, 0.6) is 5.75 Å². The molecule has 7 heteroatoms. The van der Waals surface area contributed by atoms with E-state index in [9.17, 15) is 13.2 Å². The van der Waals surface area contributed by atoms with Gasteiger partial charge in [-0.3, -0.25) is 4.74 Å². The van der Waals surface area contributed by atoms with Gasteiger partial charge in [-0.2, -0.15) is 0 Å². The van der Waals surface area contributed by atoms with Crippen molar-refractivity contribution in [3.8, 4) is 5.75 Å². The maximum atomic E-state index is 11.7. The summed E-state index contributed by atoms with van der Waals surface area (Å²) in [4.78, 5) is 0. The van der Waals surface area contributed by atoms with Crippen molar-refractivity contribution in [1.82, 2.24) is 0 Å². The van der Waals surface area contributed by atoms with Crippen LogP contribution in [-0.4, -0.2) is 26.6 Å². The number of ether oxygens (including phenoxy) is 2. The quantitative estimate of drug-likeness (QED) is 0.845. The maximum Gasteiger partial charge on any atom is 0.522 e. The Morgan fingerprint density at radius 1 is 1.35 bits per heavy atom. The van der Waals surface area contributed by atoms with E-state index >= 15 is 0 Å². The van der Waals surface area contributed by atoms with Gasteiger partial charge in [0.25, 0.3) is 0 Å². The molecular weight excluding hydrogens is 303 g/mol. The highest BCUT2D eigenvalue weighted by atomic mass is 79.9. The molecule has 0 atom stereocenters. The van der Waals surface area contributed by atoms with E-state index in [4.69, 9.17) is 4.74 Å². The third-order valence-electron chi connectivity index (χ3n) is 1.85. The zero-order valence-corrected chi connectivity index (χ0v) is 10.6. The van der Waals surface area contributed by atoms with Gasteiger partial charge in [0.15, 0.2) is 0 Å². The molecule has 0 saturated heterocycles. The first-order chi connectivity index (χ1) is 7.92. The van der Waals surface area contributed by atoms with Gasteiger partial charge < -0.3 is 10.1 Å². The standard InChI is InChI=1S/C10H11BrF3NO2/c1-16-9-6-7(2-3-8(9)11)15-4-5-17-10(12,13)14/h2-3,6,15H,4-5H2,1H3. The number of halogens is 4. The molecule has 0 amide bonds. The molecule has 0 heterocycles. The van der Waals surface area contributed by atoms with Crippen LogP contribution in [0, 0.1) is 0 Å². The normalized spacial score (nSPS) is 11.4. The van der Waals surface area contributed by atoms with E-state index < -0.39 is 13.0 Å². The molecule has 0 spiro atoms. The van der Waals surface area contributed by atoms with E-state index in [2.05, 4.69) is 26.0 Å². The first-order valence-corrected chi connectivity index (χ1v) is 5.50. The molecule has 0 aliphatic heterocycles. The van der Waals surface area contributed by atoms with E-state index in [0.717, 1.165) is 4.47 Å². The number of nitrogens with one attached hydrogen (secondary N) is 1. The van der Waals surface area contributed by atoms with Crippen molar-refractivity contribution in [1.29, 1.82) is 0 Å². The Labute approximate surface area is 105 Å². The van der Waals surface area contributed by atoms with Gasteiger partial charge in [-0.25, -0.2) is 0 Å². The second-order valence-corrected chi connectivity index (χ2v) is 3.92. The van der Waals surface area contributed by atoms with E-state index in [0.29, 0.717) is 11.4 Å². The summed E-state index contributed by atoms with van der Waals surface area (Å²) in [6, 6.07) is 5.14. The van der Waals surface area contributed by atoms with E-state index in [1.165, 1.54) is 7.11 Å². The van der Waals surface area contributed by atoms with Crippen LogP contribution in [-0.2, 0) is 4.74 Å². The molecule has 1 N–H and O–H groups in total. The van der Waals surface area contributed by atoms with Gasteiger partial charge in [0, 0.05) is 18.3 Å². The Kier molecular flexibility index (Phi) is 5.07. The Hall–Kier alpha value is -0.950. The molecule has 0 aromatic heterocycles. The lowest BCUT2D eigenvalue weighted by molar-refractivity contribution is -0.322. The zero-order valence-electron chi connectivity index (χ0n) is 8.97. The van der Waals surface area contributed by atoms with Crippen LogP contribution in [0.2, 0.25) is 0 Å². The van der Waals surface area contributed by atoms with Crippen LogP contribution in [0.15, 0.2) is 22.7 Å². The lowest BCUT2D eigenvalue weighted by Gasteiger charge is -2.10. The van der Waals surface area contributed by atoms with Gasteiger partial charge in [-0.15, -0.1) is 13.2 Å². The summed E-state index contributed by atoms with van der Waals surface area (Å²) in [5.41, 5.74) is 0.663. The number of benzene rings is 1. The van der Waals surface area contributed by atoms with Crippen LogP contribution in [0.3, 0.4) is 0 Å². The monoisotopic (exact) mass is 313 g/mol. The molecular formula is C10H11BrF3NO2. The van der Waals surface area contributed by atoms with Crippen molar-refractivity contribution in [2.75, 3.05) is 25.6 Å². The predicted molar refractivity (Wildman–Crippen MR) is 61.2 cm³/mol. The third kappa shape index (κ3) is 5.27. The summed E-state index contributed by atoms with van der Waals surface area (Å²) >= 11 is 3.27. The van der Waals surface area contributed by atoms with Crippen molar-refractivity contribution in [2.24, 2.45) is 0 Å². The van der Waals surface area contributed by atoms with E-state index in [1.807, 2.05) is 0 Å². The fourth-order valence-corrected chi connectivity index (χ4v) is 1.54. The van der Waals surface area contributed by atoms with Crippen molar-refractivity contribution < 1.29 is 22.6 Å². The zero-order chi connectivity index (χ0) is 12.9. The van der Waals surface area contributed by atoms with Gasteiger partial charge in [0.05, 0.1) is 18.2 Å². The Bertz CT molecular complexity index is 371. The number of methoxy groups -OCH3 is 1. The Balaban J connectivity index is 2.42. The highest BCUT2D eigenvalue weighted by Gasteiger charge is 2.28. The van der Waals surface area contributed by atoms with Crippen molar-refractivity contribution in [2.45, 2.75) is 6.36 Å². The highest BCUT2D eigenvalue weighted by Crippen LogP contribution is 2.27. The molecule has 17 heavy (non-hydrogen) atoms. The van der Waals surface area contributed by atoms with Crippen LogP contribution >= 0.6 is 15.9 Å². The van der Waals surface area contributed by atoms with Crippen molar-refractivity contribution in [3.63, 3.8) is 0 Å². The van der Waals surface area contributed by atoms with E-state index in [-0.39, 0.29) is 6.54 Å². The fraction of sp³-hybridized carbons (Fsp3) is 0.400. The summed E-state index contributed by atoms with van der Waals surface area (Å²) in [5, 5.41) is 2.79. The molecule has 1 rings (SSSR count). The number of anilines is 1. The van der Waals surface area contributed by atoms with Crippen LogP contribution in [0.1, 0.15) is 0 Å². The minimum absolute atomic E-state index is 0.0598. The lowest BCUT2D eigenvalue weighted by Crippen LogP contribution is -2.19. The molecule has 0 fully saturated rings. The summed E-state index contributed by atoms with van der Waals surface area (Å²) in [5.74, 6) is 0.603. The molecule has 96 valence electrons. The molecule has 0 aliphatic carbocycles. The summed E-state index contributed by atoms with van der Waals surface area (Å²) in [6.45, 7) is -0.383. The van der Waals surface area contributed by atoms with E-state index in [1.54, 1.807) is 18.2 Å². The minimum atomic E-state index is -4.58. The molecule has 0 radical (unpaired) electrons. The molecule has 3 nitrogen and oxygen atoms in total. The fourth-order valence-electron chi connectivity index (χ4n) is 1.13. The second-order valence-electron chi connectivity index (χ2n) is 3.07. The molecule has 0 unspecified atom stereocenters. The first kappa shape index (κ1) is 14.1. The number of hydrogen-bond donors (Lipinski definition) is 1. The Morgan fingerprint density at radius 3 is 2.65 bits per heavy atom. The average molecular weight is 314 g/mol. The van der Waals surface area contributed by atoms with Gasteiger partial charge in [-0.05, 0) is 28.1 Å². The SMILES string of the molecule is COc1cc(NCCOC(F)(F)F)ccc1Br. The molecule has 0 bridgehead atoms. The van der Waals surface area contributed by atoms with Gasteiger partial charge in [-0.1, -0.05) is 0 Å². The van der Waals surface area contributed by atoms with Crippen molar-refractivity contribution >= 4 is 21.6 Å². The van der Waals surface area contributed by atoms with Gasteiger partial charge >= 0.3 is 6.36 Å². The van der Waals surface area contributed by atoms with Crippen molar-refractivity contribution in [3.05, 3.63) is 22.7 Å².